The normalized spacial score (nSPS) is 13.2. The number of carbonyl (C=O) groups is 1. The van der Waals surface area contributed by atoms with Crippen molar-refractivity contribution in [3.63, 3.8) is 0 Å². The molecule has 0 fully saturated rings. The van der Waals surface area contributed by atoms with Crippen LogP contribution in [-0.2, 0) is 14.8 Å². The van der Waals surface area contributed by atoms with Gasteiger partial charge in [-0.1, -0.05) is 6.07 Å². The van der Waals surface area contributed by atoms with Gasteiger partial charge in [0, 0.05) is 11.6 Å². The molecular weight excluding hydrogens is 296 g/mol. The zero-order valence-electron chi connectivity index (χ0n) is 11.1. The van der Waals surface area contributed by atoms with Crippen molar-refractivity contribution in [2.75, 3.05) is 6.61 Å². The Kier molecular flexibility index (Phi) is 4.21. The number of aliphatic hydroxyl groups is 1. The van der Waals surface area contributed by atoms with Crippen LogP contribution in [-0.4, -0.2) is 42.2 Å². The van der Waals surface area contributed by atoms with Crippen LogP contribution in [0.1, 0.15) is 5.56 Å². The predicted molar refractivity (Wildman–Crippen MR) is 75.3 cm³/mol. The SMILES string of the molecule is Cc1ccc(S(=O)(=O)NC(CO)C(=O)O)c2cccnc12. The van der Waals surface area contributed by atoms with Crippen molar-refractivity contribution in [2.45, 2.75) is 17.9 Å². The van der Waals surface area contributed by atoms with E-state index in [-0.39, 0.29) is 4.90 Å². The molecule has 2 aromatic rings. The molecular formula is C13H14N2O5S. The fourth-order valence-electron chi connectivity index (χ4n) is 1.94. The maximum atomic E-state index is 12.3. The third-order valence-corrected chi connectivity index (χ3v) is 4.53. The van der Waals surface area contributed by atoms with Crippen LogP contribution in [0.4, 0.5) is 0 Å². The summed E-state index contributed by atoms with van der Waals surface area (Å²) in [5.41, 5.74) is 1.33. The van der Waals surface area contributed by atoms with E-state index in [1.807, 2.05) is 4.72 Å². The van der Waals surface area contributed by atoms with Crippen molar-refractivity contribution in [2.24, 2.45) is 0 Å². The fourth-order valence-corrected chi connectivity index (χ4v) is 3.32. The van der Waals surface area contributed by atoms with Crippen LogP contribution >= 0.6 is 0 Å². The molecule has 21 heavy (non-hydrogen) atoms. The van der Waals surface area contributed by atoms with Gasteiger partial charge in [0.1, 0.15) is 6.04 Å². The minimum absolute atomic E-state index is 0.0732. The van der Waals surface area contributed by atoms with Gasteiger partial charge in [0.05, 0.1) is 17.0 Å². The summed E-state index contributed by atoms with van der Waals surface area (Å²) in [4.78, 5) is 14.9. The number of aliphatic carboxylic acids is 1. The number of hydrogen-bond acceptors (Lipinski definition) is 5. The molecule has 1 aromatic carbocycles. The molecule has 1 heterocycles. The highest BCUT2D eigenvalue weighted by Crippen LogP contribution is 2.24. The molecule has 0 aliphatic heterocycles. The van der Waals surface area contributed by atoms with Crippen molar-refractivity contribution < 1.29 is 23.4 Å². The predicted octanol–water partition coefficient (Wildman–Crippen LogP) is 0.267. The first-order valence-electron chi connectivity index (χ1n) is 6.07. The third kappa shape index (κ3) is 3.02. The lowest BCUT2D eigenvalue weighted by molar-refractivity contribution is -0.139. The van der Waals surface area contributed by atoms with Crippen molar-refractivity contribution in [3.05, 3.63) is 36.0 Å². The monoisotopic (exact) mass is 310 g/mol. The first-order valence-corrected chi connectivity index (χ1v) is 7.55. The molecule has 0 aliphatic rings. The Balaban J connectivity index is 2.56. The molecule has 2 rings (SSSR count). The number of benzene rings is 1. The Morgan fingerprint density at radius 3 is 2.71 bits per heavy atom. The van der Waals surface area contributed by atoms with Crippen molar-refractivity contribution in [1.82, 2.24) is 9.71 Å². The molecule has 7 nitrogen and oxygen atoms in total. The summed E-state index contributed by atoms with van der Waals surface area (Å²) in [5, 5.41) is 18.2. The average molecular weight is 310 g/mol. The Bertz CT molecular complexity index is 788. The minimum Gasteiger partial charge on any atom is -0.480 e. The number of fused-ring (bicyclic) bond motifs is 1. The largest absolute Gasteiger partial charge is 0.480 e. The van der Waals surface area contributed by atoms with Gasteiger partial charge in [-0.3, -0.25) is 9.78 Å². The van der Waals surface area contributed by atoms with E-state index in [0.29, 0.717) is 10.9 Å². The molecule has 0 amide bonds. The van der Waals surface area contributed by atoms with Crippen LogP contribution < -0.4 is 4.72 Å². The van der Waals surface area contributed by atoms with Crippen molar-refractivity contribution in [3.8, 4) is 0 Å². The van der Waals surface area contributed by atoms with Crippen LogP contribution in [0.2, 0.25) is 0 Å². The number of aryl methyl sites for hydroxylation is 1. The number of carboxylic acid groups (broad SMARTS) is 1. The zero-order chi connectivity index (χ0) is 15.6. The second kappa shape index (κ2) is 5.76. The highest BCUT2D eigenvalue weighted by atomic mass is 32.2. The number of nitrogens with zero attached hydrogens (tertiary/aromatic N) is 1. The highest BCUT2D eigenvalue weighted by Gasteiger charge is 2.26. The lowest BCUT2D eigenvalue weighted by Gasteiger charge is -2.14. The molecule has 112 valence electrons. The fraction of sp³-hybridized carbons (Fsp3) is 0.231. The van der Waals surface area contributed by atoms with E-state index in [9.17, 15) is 13.2 Å². The second-order valence-electron chi connectivity index (χ2n) is 4.47. The molecule has 3 N–H and O–H groups in total. The molecule has 0 saturated carbocycles. The van der Waals surface area contributed by atoms with Gasteiger partial charge in [0.2, 0.25) is 10.0 Å². The molecule has 0 aliphatic carbocycles. The topological polar surface area (TPSA) is 117 Å². The summed E-state index contributed by atoms with van der Waals surface area (Å²) in [7, 11) is -4.09. The molecule has 1 atom stereocenters. The molecule has 1 unspecified atom stereocenters. The van der Waals surface area contributed by atoms with Gasteiger partial charge in [-0.25, -0.2) is 8.42 Å². The maximum absolute atomic E-state index is 12.3. The average Bonchev–Trinajstić information content (AvgIpc) is 2.45. The third-order valence-electron chi connectivity index (χ3n) is 3.00. The lowest BCUT2D eigenvalue weighted by Crippen LogP contribution is -2.43. The van der Waals surface area contributed by atoms with Gasteiger partial charge in [-0.15, -0.1) is 0 Å². The number of nitrogens with one attached hydrogen (secondary N) is 1. The maximum Gasteiger partial charge on any atom is 0.324 e. The van der Waals surface area contributed by atoms with Crippen molar-refractivity contribution in [1.29, 1.82) is 0 Å². The molecule has 0 bridgehead atoms. The summed E-state index contributed by atoms with van der Waals surface area (Å²) in [6.07, 6.45) is 1.55. The zero-order valence-corrected chi connectivity index (χ0v) is 12.0. The number of aromatic nitrogens is 1. The first-order chi connectivity index (χ1) is 9.86. The van der Waals surface area contributed by atoms with E-state index >= 15 is 0 Å². The smallest absolute Gasteiger partial charge is 0.324 e. The number of aliphatic hydroxyl groups excluding tert-OH is 1. The van der Waals surface area contributed by atoms with Gasteiger partial charge in [0.15, 0.2) is 0 Å². The van der Waals surface area contributed by atoms with Crippen LogP contribution in [0.15, 0.2) is 35.4 Å². The number of pyridine rings is 1. The Morgan fingerprint density at radius 1 is 1.38 bits per heavy atom. The summed E-state index contributed by atoms with van der Waals surface area (Å²) in [6.45, 7) is 0.962. The van der Waals surface area contributed by atoms with E-state index < -0.39 is 28.6 Å². The van der Waals surface area contributed by atoms with Crippen molar-refractivity contribution >= 4 is 26.9 Å². The summed E-state index contributed by atoms with van der Waals surface area (Å²) >= 11 is 0. The number of carboxylic acids is 1. The van der Waals surface area contributed by atoms with Gasteiger partial charge in [0.25, 0.3) is 0 Å². The Morgan fingerprint density at radius 2 is 2.10 bits per heavy atom. The van der Waals surface area contributed by atoms with Gasteiger partial charge in [-0.05, 0) is 30.7 Å². The standard InChI is InChI=1S/C13H14N2O5S/c1-8-4-5-11(9-3-2-6-14-12(8)9)21(19,20)15-10(7-16)13(17)18/h2-6,10,15-16H,7H2,1H3,(H,17,18). The van der Waals surface area contributed by atoms with E-state index in [4.69, 9.17) is 10.2 Å². The van der Waals surface area contributed by atoms with Gasteiger partial charge in [-0.2, -0.15) is 4.72 Å². The minimum atomic E-state index is -4.09. The van der Waals surface area contributed by atoms with E-state index in [1.165, 1.54) is 6.07 Å². The van der Waals surface area contributed by atoms with Crippen LogP contribution in [0.3, 0.4) is 0 Å². The number of rotatable bonds is 5. The van der Waals surface area contributed by atoms with E-state index in [0.717, 1.165) is 5.56 Å². The van der Waals surface area contributed by atoms with Crippen LogP contribution in [0.5, 0.6) is 0 Å². The molecule has 0 saturated heterocycles. The van der Waals surface area contributed by atoms with Crippen LogP contribution in [0.25, 0.3) is 10.9 Å². The lowest BCUT2D eigenvalue weighted by atomic mass is 10.1. The van der Waals surface area contributed by atoms with E-state index in [2.05, 4.69) is 4.98 Å². The first kappa shape index (κ1) is 15.4. The highest BCUT2D eigenvalue weighted by molar-refractivity contribution is 7.89. The van der Waals surface area contributed by atoms with E-state index in [1.54, 1.807) is 31.3 Å². The molecule has 0 radical (unpaired) electrons. The number of hydrogen-bond donors (Lipinski definition) is 3. The van der Waals surface area contributed by atoms with Crippen LogP contribution in [0, 0.1) is 6.92 Å². The molecule has 8 heteroatoms. The summed E-state index contributed by atoms with van der Waals surface area (Å²) < 4.78 is 26.6. The Hall–Kier alpha value is -2.03. The van der Waals surface area contributed by atoms with Gasteiger partial charge < -0.3 is 10.2 Å². The molecule has 1 aromatic heterocycles. The molecule has 0 spiro atoms. The Labute approximate surface area is 121 Å². The number of sulfonamides is 1. The summed E-state index contributed by atoms with van der Waals surface area (Å²) in [6, 6.07) is 4.58. The quantitative estimate of drug-likeness (QED) is 0.729. The van der Waals surface area contributed by atoms with Gasteiger partial charge >= 0.3 is 5.97 Å². The summed E-state index contributed by atoms with van der Waals surface area (Å²) in [5.74, 6) is -1.45. The second-order valence-corrected chi connectivity index (χ2v) is 6.16.